The third-order valence-electron chi connectivity index (χ3n) is 5.18. The van der Waals surface area contributed by atoms with Crippen molar-refractivity contribution in [2.45, 2.75) is 76.0 Å². The number of hydrogen-bond donors (Lipinski definition) is 1. The molecule has 0 aliphatic heterocycles. The average molecular weight is 292 g/mol. The van der Waals surface area contributed by atoms with Crippen LogP contribution in [0.4, 0.5) is 0 Å². The molecule has 3 rings (SSSR count). The van der Waals surface area contributed by atoms with Crippen LogP contribution in [0.1, 0.15) is 87.2 Å². The molecule has 0 amide bonds. The Labute approximate surface area is 126 Å². The van der Waals surface area contributed by atoms with E-state index in [2.05, 4.69) is 6.07 Å². The fraction of sp³-hybridized carbons (Fsp3) is 0.667. The molecule has 2 fully saturated rings. The smallest absolute Gasteiger partial charge is 0.119 e. The van der Waals surface area contributed by atoms with Gasteiger partial charge in [0.05, 0.1) is 0 Å². The van der Waals surface area contributed by atoms with Crippen LogP contribution in [0.15, 0.2) is 18.2 Å². The molecule has 0 radical (unpaired) electrons. The maximum atomic E-state index is 10.4. The largest absolute Gasteiger partial charge is 0.508 e. The highest BCUT2D eigenvalue weighted by Crippen LogP contribution is 2.44. The molecule has 2 aliphatic rings. The molecule has 1 unspecified atom stereocenters. The number of aromatic hydroxyl groups is 1. The Hall–Kier alpha value is -0.550. The summed E-state index contributed by atoms with van der Waals surface area (Å²) in [5.74, 6) is 1.89. The molecule has 0 aromatic heterocycles. The third-order valence-corrected chi connectivity index (χ3v) is 5.18. The quantitative estimate of drug-likeness (QED) is 0.709. The van der Waals surface area contributed by atoms with Gasteiger partial charge in [0.1, 0.15) is 5.75 Å². The van der Waals surface area contributed by atoms with Gasteiger partial charge in [-0.15, -0.1) is 0 Å². The zero-order valence-electron chi connectivity index (χ0n) is 12.6. The van der Waals surface area contributed by atoms with E-state index >= 15 is 0 Å². The zero-order valence-corrected chi connectivity index (χ0v) is 14.0. The minimum Gasteiger partial charge on any atom is -0.508 e. The van der Waals surface area contributed by atoms with Crippen LogP contribution >= 0.6 is 9.90 Å². The fourth-order valence-electron chi connectivity index (χ4n) is 4.18. The number of rotatable bonds is 2. The number of benzene rings is 1. The highest BCUT2D eigenvalue weighted by molar-refractivity contribution is 6.92. The van der Waals surface area contributed by atoms with Gasteiger partial charge < -0.3 is 5.11 Å². The van der Waals surface area contributed by atoms with Gasteiger partial charge in [-0.3, -0.25) is 0 Å². The van der Waals surface area contributed by atoms with Crippen molar-refractivity contribution in [1.82, 2.24) is 0 Å². The molecule has 1 N–H and O–H groups in total. The molecule has 0 saturated heterocycles. The van der Waals surface area contributed by atoms with Gasteiger partial charge in [0, 0.05) is 5.56 Å². The molecule has 1 aromatic rings. The highest BCUT2D eigenvalue weighted by Gasteiger charge is 2.25. The van der Waals surface area contributed by atoms with Crippen molar-refractivity contribution in [2.24, 2.45) is 0 Å². The second-order valence-corrected chi connectivity index (χ2v) is 6.45. The summed E-state index contributed by atoms with van der Waals surface area (Å²) >= 11 is 0. The zero-order chi connectivity index (χ0) is 13.1. The van der Waals surface area contributed by atoms with Crippen LogP contribution in [-0.2, 0) is 0 Å². The second kappa shape index (κ2) is 7.46. The van der Waals surface area contributed by atoms with Crippen LogP contribution in [0.5, 0.6) is 5.75 Å². The molecule has 1 nitrogen and oxygen atoms in total. The van der Waals surface area contributed by atoms with Crippen LogP contribution in [0, 0.1) is 0 Å². The van der Waals surface area contributed by atoms with E-state index in [9.17, 15) is 5.11 Å². The van der Waals surface area contributed by atoms with Gasteiger partial charge in [-0.25, -0.2) is 0 Å². The lowest BCUT2D eigenvalue weighted by Gasteiger charge is -2.30. The summed E-state index contributed by atoms with van der Waals surface area (Å²) in [6.45, 7) is 0. The molecule has 2 aliphatic carbocycles. The minimum atomic E-state index is 0. The summed E-state index contributed by atoms with van der Waals surface area (Å²) in [4.78, 5) is 0. The number of hydrogen-bond acceptors (Lipinski definition) is 1. The topological polar surface area (TPSA) is 20.2 Å². The van der Waals surface area contributed by atoms with E-state index in [0.717, 1.165) is 0 Å². The standard InChI is InChI=1S/C18H26O.H3P/c19-17-13-7-12-16(14-8-3-1-4-9-14)18(17)15-10-5-2-6-11-15;/h7,12-15,19H,1-6,8-11H2;1H3. The van der Waals surface area contributed by atoms with Gasteiger partial charge >= 0.3 is 0 Å². The van der Waals surface area contributed by atoms with Crippen molar-refractivity contribution >= 4 is 9.90 Å². The van der Waals surface area contributed by atoms with Crippen LogP contribution in [0.3, 0.4) is 0 Å². The lowest BCUT2D eigenvalue weighted by molar-refractivity contribution is 0.397. The van der Waals surface area contributed by atoms with Crippen molar-refractivity contribution in [1.29, 1.82) is 0 Å². The molecular weight excluding hydrogens is 263 g/mol. The lowest BCUT2D eigenvalue weighted by atomic mass is 9.75. The Kier molecular flexibility index (Phi) is 5.90. The predicted octanol–water partition coefficient (Wildman–Crippen LogP) is 5.55. The van der Waals surface area contributed by atoms with E-state index in [1.807, 2.05) is 12.1 Å². The molecule has 112 valence electrons. The summed E-state index contributed by atoms with van der Waals surface area (Å²) in [7, 11) is 0. The van der Waals surface area contributed by atoms with Crippen LogP contribution in [0.25, 0.3) is 0 Å². The first-order chi connectivity index (χ1) is 9.36. The predicted molar refractivity (Wildman–Crippen MR) is 90.9 cm³/mol. The summed E-state index contributed by atoms with van der Waals surface area (Å²) < 4.78 is 0. The van der Waals surface area contributed by atoms with E-state index in [0.29, 0.717) is 17.6 Å². The minimum absolute atomic E-state index is 0. The molecule has 2 saturated carbocycles. The molecular formula is C18H29OP. The molecule has 1 atom stereocenters. The molecule has 2 heteroatoms. The van der Waals surface area contributed by atoms with Crippen LogP contribution < -0.4 is 0 Å². The molecule has 0 bridgehead atoms. The molecule has 20 heavy (non-hydrogen) atoms. The van der Waals surface area contributed by atoms with E-state index in [4.69, 9.17) is 0 Å². The molecule has 0 spiro atoms. The van der Waals surface area contributed by atoms with Crippen molar-refractivity contribution in [3.8, 4) is 5.75 Å². The van der Waals surface area contributed by atoms with Gasteiger partial charge in [-0.05, 0) is 49.1 Å². The lowest BCUT2D eigenvalue weighted by Crippen LogP contribution is -2.12. The summed E-state index contributed by atoms with van der Waals surface area (Å²) in [6.07, 6.45) is 13.4. The SMILES string of the molecule is Oc1cccc(C2CCCCC2)c1C1CCCCC1.P. The Balaban J connectivity index is 0.00000147. The Morgan fingerprint density at radius 1 is 0.750 bits per heavy atom. The van der Waals surface area contributed by atoms with E-state index < -0.39 is 0 Å². The van der Waals surface area contributed by atoms with Crippen molar-refractivity contribution < 1.29 is 5.11 Å². The average Bonchev–Trinajstić information content (AvgIpc) is 2.49. The van der Waals surface area contributed by atoms with E-state index in [-0.39, 0.29) is 9.90 Å². The Morgan fingerprint density at radius 3 is 1.90 bits per heavy atom. The van der Waals surface area contributed by atoms with Gasteiger partial charge in [0.15, 0.2) is 0 Å². The Morgan fingerprint density at radius 2 is 1.30 bits per heavy atom. The summed E-state index contributed by atoms with van der Waals surface area (Å²) in [6, 6.07) is 6.24. The van der Waals surface area contributed by atoms with Crippen molar-refractivity contribution in [3.05, 3.63) is 29.3 Å². The van der Waals surface area contributed by atoms with Crippen LogP contribution in [0.2, 0.25) is 0 Å². The van der Waals surface area contributed by atoms with Gasteiger partial charge in [0.2, 0.25) is 0 Å². The first-order valence-electron chi connectivity index (χ1n) is 8.18. The fourth-order valence-corrected chi connectivity index (χ4v) is 4.18. The van der Waals surface area contributed by atoms with Gasteiger partial charge in [-0.2, -0.15) is 9.90 Å². The summed E-state index contributed by atoms with van der Waals surface area (Å²) in [5.41, 5.74) is 2.79. The van der Waals surface area contributed by atoms with E-state index in [1.54, 1.807) is 0 Å². The second-order valence-electron chi connectivity index (χ2n) is 6.45. The monoisotopic (exact) mass is 292 g/mol. The van der Waals surface area contributed by atoms with Crippen molar-refractivity contribution in [2.75, 3.05) is 0 Å². The Bertz CT molecular complexity index is 417. The molecule has 0 heterocycles. The first-order valence-corrected chi connectivity index (χ1v) is 8.18. The maximum Gasteiger partial charge on any atom is 0.119 e. The highest BCUT2D eigenvalue weighted by atomic mass is 31.0. The van der Waals surface area contributed by atoms with Crippen molar-refractivity contribution in [3.63, 3.8) is 0 Å². The van der Waals surface area contributed by atoms with E-state index in [1.165, 1.54) is 75.3 Å². The normalized spacial score (nSPS) is 21.4. The summed E-state index contributed by atoms with van der Waals surface area (Å²) in [5, 5.41) is 10.4. The van der Waals surface area contributed by atoms with Gasteiger partial charge in [-0.1, -0.05) is 50.7 Å². The third kappa shape index (κ3) is 3.37. The number of phenols is 1. The molecule has 1 aromatic carbocycles. The first kappa shape index (κ1) is 15.8. The van der Waals surface area contributed by atoms with Gasteiger partial charge in [0.25, 0.3) is 0 Å². The van der Waals surface area contributed by atoms with Crippen LogP contribution in [-0.4, -0.2) is 5.11 Å². The maximum absolute atomic E-state index is 10.4. The number of phenolic OH excluding ortho intramolecular Hbond substituents is 1.